The van der Waals surface area contributed by atoms with Crippen LogP contribution in [0.4, 0.5) is 0 Å². The van der Waals surface area contributed by atoms with Crippen LogP contribution in [-0.2, 0) is 5.41 Å². The highest BCUT2D eigenvalue weighted by Gasteiger charge is 2.34. The van der Waals surface area contributed by atoms with Gasteiger partial charge in [0.25, 0.3) is 0 Å². The van der Waals surface area contributed by atoms with Gasteiger partial charge in [0.2, 0.25) is 0 Å². The third kappa shape index (κ3) is 3.81. The number of benzene rings is 1. The monoisotopic (exact) mass is 346 g/mol. The Hall–Kier alpha value is -1.25. The summed E-state index contributed by atoms with van der Waals surface area (Å²) in [7, 11) is -1.83. The zero-order valence-electron chi connectivity index (χ0n) is 14.9. The van der Waals surface area contributed by atoms with Gasteiger partial charge in [0, 0.05) is 10.6 Å². The molecule has 0 amide bonds. The normalized spacial score (nSPS) is 14.8. The molecule has 1 aromatic rings. The molecule has 1 aliphatic rings. The van der Waals surface area contributed by atoms with Crippen molar-refractivity contribution in [1.29, 1.82) is 0 Å². The SMILES string of the molecule is C=CCOc1c(C(C)(C)C)cc(Cl)cc1[Si](C)(C)C1=CC=CC1. The first-order valence-electron chi connectivity index (χ1n) is 8.12. The van der Waals surface area contributed by atoms with Crippen LogP contribution in [0.3, 0.4) is 0 Å². The second-order valence-electron chi connectivity index (χ2n) is 7.63. The van der Waals surface area contributed by atoms with Gasteiger partial charge >= 0.3 is 0 Å². The second kappa shape index (κ2) is 6.70. The van der Waals surface area contributed by atoms with E-state index in [0.29, 0.717) is 6.61 Å². The molecule has 0 saturated heterocycles. The van der Waals surface area contributed by atoms with Gasteiger partial charge in [-0.05, 0) is 29.2 Å². The Balaban J connectivity index is 2.65. The summed E-state index contributed by atoms with van der Waals surface area (Å²) in [5.41, 5.74) is 1.15. The van der Waals surface area contributed by atoms with Crippen molar-refractivity contribution in [1.82, 2.24) is 0 Å². The van der Waals surface area contributed by atoms with Crippen LogP contribution >= 0.6 is 11.6 Å². The summed E-state index contributed by atoms with van der Waals surface area (Å²) in [6, 6.07) is 4.16. The van der Waals surface area contributed by atoms with Crippen LogP contribution in [0.25, 0.3) is 0 Å². The number of hydrogen-bond acceptors (Lipinski definition) is 1. The van der Waals surface area contributed by atoms with Gasteiger partial charge in [-0.15, -0.1) is 0 Å². The molecule has 3 heteroatoms. The Morgan fingerprint density at radius 2 is 2.00 bits per heavy atom. The van der Waals surface area contributed by atoms with Gasteiger partial charge in [-0.3, -0.25) is 0 Å². The third-order valence-electron chi connectivity index (χ3n) is 4.45. The van der Waals surface area contributed by atoms with E-state index in [1.54, 1.807) is 6.08 Å². The van der Waals surface area contributed by atoms with Crippen LogP contribution in [0, 0.1) is 0 Å². The summed E-state index contributed by atoms with van der Waals surface area (Å²) in [5.74, 6) is 1.01. The van der Waals surface area contributed by atoms with E-state index in [1.807, 2.05) is 0 Å². The standard InChI is InChI=1S/C20H27ClOSi/c1-7-12-22-19-17(20(2,3)4)13-15(21)14-18(19)23(5,6)16-10-8-9-11-16/h7-10,13-14H,1,11-12H2,2-6H3. The van der Waals surface area contributed by atoms with Crippen LogP contribution < -0.4 is 9.92 Å². The molecular weight excluding hydrogens is 320 g/mol. The predicted octanol–water partition coefficient (Wildman–Crippen LogP) is 5.54. The van der Waals surface area contributed by atoms with Gasteiger partial charge in [-0.2, -0.15) is 0 Å². The highest BCUT2D eigenvalue weighted by molar-refractivity contribution is 6.96. The number of hydrogen-bond donors (Lipinski definition) is 0. The van der Waals surface area contributed by atoms with Gasteiger partial charge in [0.1, 0.15) is 20.4 Å². The Morgan fingerprint density at radius 1 is 1.30 bits per heavy atom. The van der Waals surface area contributed by atoms with E-state index in [9.17, 15) is 0 Å². The van der Waals surface area contributed by atoms with E-state index < -0.39 is 8.07 Å². The number of ether oxygens (including phenoxy) is 1. The van der Waals surface area contributed by atoms with E-state index in [2.05, 4.69) is 70.8 Å². The van der Waals surface area contributed by atoms with Crippen LogP contribution in [-0.4, -0.2) is 14.7 Å². The van der Waals surface area contributed by atoms with Gasteiger partial charge in [-0.1, -0.05) is 81.5 Å². The molecule has 0 heterocycles. The molecule has 0 aromatic heterocycles. The molecule has 124 valence electrons. The Morgan fingerprint density at radius 3 is 2.52 bits per heavy atom. The lowest BCUT2D eigenvalue weighted by Gasteiger charge is -2.32. The van der Waals surface area contributed by atoms with Crippen LogP contribution in [0.5, 0.6) is 5.75 Å². The Labute approximate surface area is 146 Å². The molecule has 0 spiro atoms. The van der Waals surface area contributed by atoms with Gasteiger partial charge in [0.05, 0.1) is 0 Å². The first kappa shape index (κ1) is 18.1. The van der Waals surface area contributed by atoms with Crippen LogP contribution in [0.2, 0.25) is 18.1 Å². The summed E-state index contributed by atoms with van der Waals surface area (Å²) >= 11 is 6.49. The van der Waals surface area contributed by atoms with Gasteiger partial charge in [-0.25, -0.2) is 0 Å². The van der Waals surface area contributed by atoms with Crippen molar-refractivity contribution in [2.75, 3.05) is 6.61 Å². The molecule has 23 heavy (non-hydrogen) atoms. The summed E-state index contributed by atoms with van der Waals surface area (Å²) in [5, 5.41) is 3.60. The maximum absolute atomic E-state index is 6.49. The molecule has 0 bridgehead atoms. The minimum atomic E-state index is -1.83. The average molecular weight is 347 g/mol. The van der Waals surface area contributed by atoms with E-state index >= 15 is 0 Å². The fourth-order valence-electron chi connectivity index (χ4n) is 3.00. The third-order valence-corrected chi connectivity index (χ3v) is 8.37. The molecule has 0 radical (unpaired) electrons. The van der Waals surface area contributed by atoms with E-state index in [-0.39, 0.29) is 5.41 Å². The average Bonchev–Trinajstić information content (AvgIpc) is 2.99. The molecule has 0 fully saturated rings. The predicted molar refractivity (Wildman–Crippen MR) is 105 cm³/mol. The molecule has 0 aliphatic heterocycles. The number of rotatable bonds is 5. The summed E-state index contributed by atoms with van der Waals surface area (Å²) in [6.45, 7) is 15.7. The minimum absolute atomic E-state index is 0.0249. The molecular formula is C20H27ClOSi. The fourth-order valence-corrected chi connectivity index (χ4v) is 6.08. The van der Waals surface area contributed by atoms with Crippen molar-refractivity contribution >= 4 is 24.9 Å². The molecule has 0 saturated carbocycles. The maximum Gasteiger partial charge on any atom is 0.123 e. The highest BCUT2D eigenvalue weighted by atomic mass is 35.5. The zero-order chi connectivity index (χ0) is 17.3. The molecule has 2 rings (SSSR count). The lowest BCUT2D eigenvalue weighted by atomic mass is 9.86. The van der Waals surface area contributed by atoms with Gasteiger partial charge in [0.15, 0.2) is 0 Å². The van der Waals surface area contributed by atoms with Crippen molar-refractivity contribution in [3.63, 3.8) is 0 Å². The lowest BCUT2D eigenvalue weighted by Crippen LogP contribution is -2.45. The van der Waals surface area contributed by atoms with Crippen molar-refractivity contribution in [2.45, 2.75) is 45.7 Å². The Kier molecular flexibility index (Phi) is 5.27. The highest BCUT2D eigenvalue weighted by Crippen LogP contribution is 2.36. The smallest absolute Gasteiger partial charge is 0.123 e. The van der Waals surface area contributed by atoms with E-state index in [4.69, 9.17) is 16.3 Å². The van der Waals surface area contributed by atoms with Crippen molar-refractivity contribution in [2.24, 2.45) is 0 Å². The molecule has 0 unspecified atom stereocenters. The van der Waals surface area contributed by atoms with E-state index in [1.165, 1.54) is 15.9 Å². The van der Waals surface area contributed by atoms with Crippen molar-refractivity contribution < 1.29 is 4.74 Å². The van der Waals surface area contributed by atoms with Crippen molar-refractivity contribution in [3.05, 3.63) is 58.8 Å². The second-order valence-corrected chi connectivity index (χ2v) is 12.5. The summed E-state index contributed by atoms with van der Waals surface area (Å²) in [4.78, 5) is 0. The van der Waals surface area contributed by atoms with Crippen LogP contribution in [0.1, 0.15) is 32.8 Å². The molecule has 0 N–H and O–H groups in total. The van der Waals surface area contributed by atoms with Crippen LogP contribution in [0.15, 0.2) is 48.2 Å². The first-order chi connectivity index (χ1) is 10.7. The lowest BCUT2D eigenvalue weighted by molar-refractivity contribution is 0.354. The zero-order valence-corrected chi connectivity index (χ0v) is 16.6. The van der Waals surface area contributed by atoms with Crippen molar-refractivity contribution in [3.8, 4) is 5.75 Å². The largest absolute Gasteiger partial charge is 0.489 e. The van der Waals surface area contributed by atoms with Gasteiger partial charge < -0.3 is 4.74 Å². The maximum atomic E-state index is 6.49. The van der Waals surface area contributed by atoms with E-state index in [0.717, 1.165) is 17.2 Å². The number of allylic oxidation sites excluding steroid dienone is 4. The minimum Gasteiger partial charge on any atom is -0.489 e. The molecule has 0 atom stereocenters. The summed E-state index contributed by atoms with van der Waals surface area (Å²) < 4.78 is 6.16. The first-order valence-corrected chi connectivity index (χ1v) is 11.5. The molecule has 1 aromatic carbocycles. The summed E-state index contributed by atoms with van der Waals surface area (Å²) in [6.07, 6.45) is 9.49. The Bertz CT molecular complexity index is 663. The topological polar surface area (TPSA) is 9.23 Å². The number of halogens is 1. The molecule has 1 nitrogen and oxygen atoms in total. The quantitative estimate of drug-likeness (QED) is 0.502. The fraction of sp³-hybridized carbons (Fsp3) is 0.400. The molecule has 1 aliphatic carbocycles.